The third-order valence-corrected chi connectivity index (χ3v) is 4.38. The number of hydrogen-bond acceptors (Lipinski definition) is 5. The Kier molecular flexibility index (Phi) is 3.47. The molecule has 3 aromatic rings. The smallest absolute Gasteiger partial charge is 0.201 e. The number of benzene rings is 1. The summed E-state index contributed by atoms with van der Waals surface area (Å²) in [6.07, 6.45) is 0. The molecule has 5 nitrogen and oxygen atoms in total. The molecule has 0 aliphatic heterocycles. The van der Waals surface area contributed by atoms with Gasteiger partial charge in [0.1, 0.15) is 0 Å². The number of ether oxygens (including phenoxy) is 2. The van der Waals surface area contributed by atoms with Crippen LogP contribution in [0.4, 0.5) is 5.95 Å². The normalized spacial score (nSPS) is 11.0. The molecule has 2 heterocycles. The lowest BCUT2D eigenvalue weighted by Gasteiger charge is -2.09. The molecule has 0 bridgehead atoms. The van der Waals surface area contributed by atoms with Crippen LogP contribution in [0.15, 0.2) is 24.3 Å². The van der Waals surface area contributed by atoms with Gasteiger partial charge in [-0.2, -0.15) is 0 Å². The predicted molar refractivity (Wildman–Crippen MR) is 85.4 cm³/mol. The molecule has 6 heteroatoms. The van der Waals surface area contributed by atoms with Crippen LogP contribution in [0.25, 0.3) is 11.0 Å². The maximum atomic E-state index is 6.07. The number of rotatable bonds is 4. The second-order valence-electron chi connectivity index (χ2n) is 4.76. The van der Waals surface area contributed by atoms with Crippen LogP contribution in [0.2, 0.25) is 0 Å². The number of fused-ring (bicyclic) bond motifs is 1. The lowest BCUT2D eigenvalue weighted by atomic mass is 10.2. The summed E-state index contributed by atoms with van der Waals surface area (Å²) in [6.45, 7) is 2.80. The number of aryl methyl sites for hydroxylation is 1. The molecule has 110 valence electrons. The summed E-state index contributed by atoms with van der Waals surface area (Å²) in [7, 11) is 3.23. The quantitative estimate of drug-likeness (QED) is 0.804. The maximum Gasteiger partial charge on any atom is 0.201 e. The number of nitrogens with zero attached hydrogens (tertiary/aromatic N) is 2. The van der Waals surface area contributed by atoms with Gasteiger partial charge in [0.15, 0.2) is 11.5 Å². The molecule has 2 N–H and O–H groups in total. The molecule has 0 unspecified atom stereocenters. The van der Waals surface area contributed by atoms with Crippen molar-refractivity contribution in [2.75, 3.05) is 20.0 Å². The zero-order chi connectivity index (χ0) is 15.0. The Morgan fingerprint density at radius 2 is 1.90 bits per heavy atom. The van der Waals surface area contributed by atoms with Gasteiger partial charge in [0, 0.05) is 21.9 Å². The van der Waals surface area contributed by atoms with Crippen molar-refractivity contribution in [3.63, 3.8) is 0 Å². The first-order chi connectivity index (χ1) is 10.1. The Bertz CT molecular complexity index is 792. The van der Waals surface area contributed by atoms with Crippen molar-refractivity contribution in [1.82, 2.24) is 9.55 Å². The van der Waals surface area contributed by atoms with E-state index in [0.29, 0.717) is 24.0 Å². The monoisotopic (exact) mass is 303 g/mol. The summed E-state index contributed by atoms with van der Waals surface area (Å²) in [5.41, 5.74) is 7.81. The van der Waals surface area contributed by atoms with E-state index in [0.717, 1.165) is 11.0 Å². The lowest BCUT2D eigenvalue weighted by molar-refractivity contribution is 0.355. The van der Waals surface area contributed by atoms with Gasteiger partial charge in [-0.1, -0.05) is 0 Å². The Morgan fingerprint density at radius 3 is 2.52 bits per heavy atom. The number of thiophene rings is 1. The van der Waals surface area contributed by atoms with Crippen LogP contribution in [-0.4, -0.2) is 23.8 Å². The fourth-order valence-electron chi connectivity index (χ4n) is 2.36. The first-order valence-corrected chi connectivity index (χ1v) is 7.37. The van der Waals surface area contributed by atoms with Crippen LogP contribution in [-0.2, 0) is 6.54 Å². The topological polar surface area (TPSA) is 62.3 Å². The molecule has 0 amide bonds. The van der Waals surface area contributed by atoms with Gasteiger partial charge in [-0.3, -0.25) is 0 Å². The molecule has 3 rings (SSSR count). The summed E-state index contributed by atoms with van der Waals surface area (Å²) in [6, 6.07) is 7.99. The Balaban J connectivity index is 2.11. The van der Waals surface area contributed by atoms with E-state index in [1.807, 2.05) is 16.7 Å². The van der Waals surface area contributed by atoms with Gasteiger partial charge in [0.05, 0.1) is 31.8 Å². The number of nitrogens with two attached hydrogens (primary N) is 1. The molecular formula is C15H17N3O2S. The average Bonchev–Trinajstić information content (AvgIpc) is 3.02. The number of imidazole rings is 1. The predicted octanol–water partition coefficient (Wildman–Crippen LogP) is 3.05. The highest BCUT2D eigenvalue weighted by Crippen LogP contribution is 2.33. The van der Waals surface area contributed by atoms with Crippen LogP contribution in [0, 0.1) is 6.92 Å². The Hall–Kier alpha value is -2.21. The van der Waals surface area contributed by atoms with Gasteiger partial charge >= 0.3 is 0 Å². The molecule has 0 radical (unpaired) electrons. The van der Waals surface area contributed by atoms with Crippen molar-refractivity contribution >= 4 is 28.3 Å². The number of nitrogen functional groups attached to an aromatic ring is 1. The molecule has 0 atom stereocenters. The van der Waals surface area contributed by atoms with Crippen molar-refractivity contribution in [3.05, 3.63) is 34.0 Å². The molecule has 2 aromatic heterocycles. The zero-order valence-electron chi connectivity index (χ0n) is 12.2. The first-order valence-electron chi connectivity index (χ1n) is 6.55. The molecule has 0 fully saturated rings. The summed E-state index contributed by atoms with van der Waals surface area (Å²) < 4.78 is 12.6. The molecule has 0 aliphatic carbocycles. The Morgan fingerprint density at radius 1 is 1.19 bits per heavy atom. The minimum atomic E-state index is 0.492. The second kappa shape index (κ2) is 5.29. The standard InChI is InChI=1S/C15H17N3O2S/c1-9-4-5-10(21-9)8-18-12-7-14(20-3)13(19-2)6-11(12)17-15(18)16/h4-7H,8H2,1-3H3,(H2,16,17). The minimum Gasteiger partial charge on any atom is -0.493 e. The maximum absolute atomic E-state index is 6.07. The number of hydrogen-bond donors (Lipinski definition) is 1. The second-order valence-corrected chi connectivity index (χ2v) is 6.14. The van der Waals surface area contributed by atoms with Gasteiger partial charge in [-0.25, -0.2) is 4.98 Å². The summed E-state index contributed by atoms with van der Waals surface area (Å²) in [5, 5.41) is 0. The van der Waals surface area contributed by atoms with E-state index in [9.17, 15) is 0 Å². The molecule has 0 saturated heterocycles. The third kappa shape index (κ3) is 2.42. The van der Waals surface area contributed by atoms with Crippen molar-refractivity contribution < 1.29 is 9.47 Å². The average molecular weight is 303 g/mol. The number of methoxy groups -OCH3 is 2. The highest BCUT2D eigenvalue weighted by Gasteiger charge is 2.14. The first kappa shape index (κ1) is 13.8. The Labute approximate surface area is 126 Å². The summed E-state index contributed by atoms with van der Waals surface area (Å²) in [4.78, 5) is 6.94. The zero-order valence-corrected chi connectivity index (χ0v) is 13.0. The lowest BCUT2D eigenvalue weighted by Crippen LogP contribution is -2.03. The molecular weight excluding hydrogens is 286 g/mol. The SMILES string of the molecule is COc1cc2nc(N)n(Cc3ccc(C)s3)c2cc1OC. The van der Waals surface area contributed by atoms with Gasteiger partial charge in [-0.15, -0.1) is 11.3 Å². The van der Waals surface area contributed by atoms with E-state index >= 15 is 0 Å². The van der Waals surface area contributed by atoms with Crippen molar-refractivity contribution in [1.29, 1.82) is 0 Å². The van der Waals surface area contributed by atoms with Crippen LogP contribution in [0.3, 0.4) is 0 Å². The number of aromatic nitrogens is 2. The van der Waals surface area contributed by atoms with Crippen molar-refractivity contribution in [3.8, 4) is 11.5 Å². The van der Waals surface area contributed by atoms with Crippen LogP contribution >= 0.6 is 11.3 Å². The fourth-order valence-corrected chi connectivity index (χ4v) is 3.24. The molecule has 21 heavy (non-hydrogen) atoms. The summed E-state index contributed by atoms with van der Waals surface area (Å²) in [5.74, 6) is 1.82. The molecule has 1 aromatic carbocycles. The van der Waals surface area contributed by atoms with E-state index in [2.05, 4.69) is 24.0 Å². The van der Waals surface area contributed by atoms with Crippen molar-refractivity contribution in [2.24, 2.45) is 0 Å². The van der Waals surface area contributed by atoms with E-state index in [1.54, 1.807) is 25.6 Å². The third-order valence-electron chi connectivity index (χ3n) is 3.39. The highest BCUT2D eigenvalue weighted by molar-refractivity contribution is 7.11. The minimum absolute atomic E-state index is 0.492. The van der Waals surface area contributed by atoms with E-state index < -0.39 is 0 Å². The van der Waals surface area contributed by atoms with Crippen LogP contribution in [0.5, 0.6) is 11.5 Å². The molecule has 0 spiro atoms. The number of anilines is 1. The fraction of sp³-hybridized carbons (Fsp3) is 0.267. The van der Waals surface area contributed by atoms with Crippen molar-refractivity contribution in [2.45, 2.75) is 13.5 Å². The van der Waals surface area contributed by atoms with Gasteiger partial charge in [0.25, 0.3) is 0 Å². The van der Waals surface area contributed by atoms with Gasteiger partial charge < -0.3 is 19.8 Å². The summed E-state index contributed by atoms with van der Waals surface area (Å²) >= 11 is 1.76. The molecule has 0 saturated carbocycles. The largest absolute Gasteiger partial charge is 0.493 e. The van der Waals surface area contributed by atoms with Crippen LogP contribution < -0.4 is 15.2 Å². The van der Waals surface area contributed by atoms with Gasteiger partial charge in [0.2, 0.25) is 5.95 Å². The van der Waals surface area contributed by atoms with Crippen LogP contribution in [0.1, 0.15) is 9.75 Å². The van der Waals surface area contributed by atoms with Gasteiger partial charge in [-0.05, 0) is 19.1 Å². The van der Waals surface area contributed by atoms with E-state index in [-0.39, 0.29) is 0 Å². The molecule has 0 aliphatic rings. The van der Waals surface area contributed by atoms with E-state index in [4.69, 9.17) is 15.2 Å². The van der Waals surface area contributed by atoms with E-state index in [1.165, 1.54) is 9.75 Å². The highest BCUT2D eigenvalue weighted by atomic mass is 32.1.